The average Bonchev–Trinajstić information content (AvgIpc) is 2.78. The van der Waals surface area contributed by atoms with Crippen molar-refractivity contribution in [2.24, 2.45) is 23.7 Å². The molecule has 2 aliphatic carbocycles. The van der Waals surface area contributed by atoms with E-state index in [9.17, 15) is 35.1 Å². The van der Waals surface area contributed by atoms with E-state index in [2.05, 4.69) is 4.74 Å². The van der Waals surface area contributed by atoms with Crippen LogP contribution >= 0.6 is 0 Å². The summed E-state index contributed by atoms with van der Waals surface area (Å²) >= 11 is 0. The van der Waals surface area contributed by atoms with E-state index in [0.717, 1.165) is 37.0 Å². The van der Waals surface area contributed by atoms with E-state index in [1.807, 2.05) is 0 Å². The predicted molar refractivity (Wildman–Crippen MR) is 115 cm³/mol. The minimum absolute atomic E-state index is 0.130. The molecule has 1 nitrogen and oxygen atoms in total. The lowest BCUT2D eigenvalue weighted by Crippen LogP contribution is -2.26. The Labute approximate surface area is 196 Å². The molecule has 2 saturated carbocycles. The Bertz CT molecular complexity index is 684. The molecule has 0 amide bonds. The molecule has 0 radical (unpaired) electrons. The Kier molecular flexibility index (Phi) is 11.9. The van der Waals surface area contributed by atoms with Crippen molar-refractivity contribution in [2.75, 3.05) is 20.0 Å². The third-order valence-electron chi connectivity index (χ3n) is 7.06. The van der Waals surface area contributed by atoms with Crippen molar-refractivity contribution in [3.05, 3.63) is 29.6 Å². The zero-order valence-electron chi connectivity index (χ0n) is 19.3. The third kappa shape index (κ3) is 9.98. The molecule has 0 heterocycles. The van der Waals surface area contributed by atoms with Gasteiger partial charge in [-0.25, -0.2) is 13.2 Å². The van der Waals surface area contributed by atoms with Gasteiger partial charge in [-0.2, -0.15) is 13.2 Å². The molecule has 2 aliphatic rings. The van der Waals surface area contributed by atoms with Crippen LogP contribution in [0.1, 0.15) is 70.6 Å². The summed E-state index contributed by atoms with van der Waals surface area (Å²) in [5.41, 5.74) is 0. The Morgan fingerprint density at radius 1 is 0.706 bits per heavy atom. The first-order valence-corrected chi connectivity index (χ1v) is 12.1. The summed E-state index contributed by atoms with van der Waals surface area (Å²) in [6, 6.07) is 0.462. The lowest BCUT2D eigenvalue weighted by molar-refractivity contribution is -0.154. The molecule has 0 atom stereocenters. The number of alkyl halides is 5. The van der Waals surface area contributed by atoms with Crippen molar-refractivity contribution in [3.63, 3.8) is 0 Å². The van der Waals surface area contributed by atoms with Gasteiger partial charge < -0.3 is 4.74 Å². The second-order valence-electron chi connectivity index (χ2n) is 9.47. The van der Waals surface area contributed by atoms with E-state index in [1.165, 1.54) is 51.4 Å². The number of halogens is 8. The van der Waals surface area contributed by atoms with Crippen LogP contribution in [0.5, 0.6) is 5.75 Å². The van der Waals surface area contributed by atoms with Gasteiger partial charge in [0, 0.05) is 12.1 Å². The smallest absolute Gasteiger partial charge is 0.422 e. The molecule has 0 aromatic heterocycles. The molecule has 0 aliphatic heterocycles. The molecule has 0 saturated heterocycles. The number of hydrogen-bond acceptors (Lipinski definition) is 1. The number of rotatable bonds is 8. The van der Waals surface area contributed by atoms with Gasteiger partial charge >= 0.3 is 6.18 Å². The van der Waals surface area contributed by atoms with Crippen molar-refractivity contribution in [1.82, 2.24) is 0 Å². The normalized spacial score (nSPS) is 25.4. The maximum atomic E-state index is 12.7. The first-order chi connectivity index (χ1) is 16.1. The minimum Gasteiger partial charge on any atom is -0.478 e. The van der Waals surface area contributed by atoms with Crippen LogP contribution in [0.2, 0.25) is 0 Å². The van der Waals surface area contributed by atoms with E-state index >= 15 is 0 Å². The summed E-state index contributed by atoms with van der Waals surface area (Å²) in [7, 11) is 0. The molecule has 0 bridgehead atoms. The van der Waals surface area contributed by atoms with Gasteiger partial charge in [-0.3, -0.25) is 8.78 Å². The molecule has 1 aromatic carbocycles. The quantitative estimate of drug-likeness (QED) is 0.323. The second-order valence-corrected chi connectivity index (χ2v) is 9.47. The molecular weight excluding hydrogens is 468 g/mol. The van der Waals surface area contributed by atoms with Gasteiger partial charge in [0.15, 0.2) is 24.0 Å². The zero-order valence-corrected chi connectivity index (χ0v) is 19.3. The molecule has 1 aromatic rings. The first kappa shape index (κ1) is 28.7. The van der Waals surface area contributed by atoms with Gasteiger partial charge in [-0.05, 0) is 68.6 Å². The number of benzene rings is 1. The Balaban J connectivity index is 0.000000248. The maximum absolute atomic E-state index is 12.7. The summed E-state index contributed by atoms with van der Waals surface area (Å²) in [6.07, 6.45) is 8.54. The Morgan fingerprint density at radius 2 is 1.18 bits per heavy atom. The van der Waals surface area contributed by atoms with Crippen LogP contribution in [-0.2, 0) is 0 Å². The molecule has 3 rings (SSSR count). The van der Waals surface area contributed by atoms with E-state index in [-0.39, 0.29) is 25.5 Å². The Hall–Kier alpha value is -1.54. The van der Waals surface area contributed by atoms with Crippen LogP contribution < -0.4 is 4.74 Å². The predicted octanol–water partition coefficient (Wildman–Crippen LogP) is 8.75. The van der Waals surface area contributed by atoms with Gasteiger partial charge in [-0.1, -0.05) is 25.7 Å². The molecular formula is C25H34F8O. The Morgan fingerprint density at radius 3 is 1.59 bits per heavy atom. The van der Waals surface area contributed by atoms with E-state index in [4.69, 9.17) is 0 Å². The standard InChI is InChI=1S/C17H30F2.C8H4F6O/c18-12-1-2-14-3-7-16(8-4-14)17-9-5-15(6-10-17)11-13-19;9-4-1-5(10)7(6(11)2-4)15-3-8(12,13)14/h14-17H,1-13H2;1-2H,3H2. The highest BCUT2D eigenvalue weighted by Gasteiger charge is 2.31. The van der Waals surface area contributed by atoms with Crippen molar-refractivity contribution < 1.29 is 39.9 Å². The molecule has 34 heavy (non-hydrogen) atoms. The minimum atomic E-state index is -4.72. The lowest BCUT2D eigenvalue weighted by Gasteiger charge is -2.37. The summed E-state index contributed by atoms with van der Waals surface area (Å²) in [5, 5.41) is 0. The monoisotopic (exact) mass is 502 g/mol. The fourth-order valence-electron chi connectivity index (χ4n) is 5.24. The fourth-order valence-corrected chi connectivity index (χ4v) is 5.24. The summed E-state index contributed by atoms with van der Waals surface area (Å²) in [4.78, 5) is 0. The van der Waals surface area contributed by atoms with Gasteiger partial charge in [0.1, 0.15) is 5.82 Å². The van der Waals surface area contributed by atoms with Crippen LogP contribution in [-0.4, -0.2) is 26.1 Å². The van der Waals surface area contributed by atoms with Crippen molar-refractivity contribution in [1.29, 1.82) is 0 Å². The number of ether oxygens (including phenoxy) is 1. The molecule has 0 unspecified atom stereocenters. The van der Waals surface area contributed by atoms with Crippen molar-refractivity contribution >= 4 is 0 Å². The highest BCUT2D eigenvalue weighted by Crippen LogP contribution is 2.42. The third-order valence-corrected chi connectivity index (χ3v) is 7.06. The van der Waals surface area contributed by atoms with E-state index in [0.29, 0.717) is 5.92 Å². The molecule has 196 valence electrons. The van der Waals surface area contributed by atoms with Crippen LogP contribution in [0.25, 0.3) is 0 Å². The summed E-state index contributed by atoms with van der Waals surface area (Å²) in [6.45, 7) is -2.11. The molecule has 9 heteroatoms. The van der Waals surface area contributed by atoms with Crippen molar-refractivity contribution in [2.45, 2.75) is 76.8 Å². The van der Waals surface area contributed by atoms with Gasteiger partial charge in [-0.15, -0.1) is 0 Å². The second kappa shape index (κ2) is 14.1. The van der Waals surface area contributed by atoms with Crippen LogP contribution in [0.3, 0.4) is 0 Å². The van der Waals surface area contributed by atoms with Crippen molar-refractivity contribution in [3.8, 4) is 5.75 Å². The van der Waals surface area contributed by atoms with Crippen LogP contribution in [0, 0.1) is 41.1 Å². The molecule has 2 fully saturated rings. The average molecular weight is 503 g/mol. The fraction of sp³-hybridized carbons (Fsp3) is 0.760. The maximum Gasteiger partial charge on any atom is 0.422 e. The highest BCUT2D eigenvalue weighted by atomic mass is 19.4. The molecule has 0 spiro atoms. The van der Waals surface area contributed by atoms with Crippen LogP contribution in [0.4, 0.5) is 35.1 Å². The largest absolute Gasteiger partial charge is 0.478 e. The van der Waals surface area contributed by atoms with Gasteiger partial charge in [0.2, 0.25) is 0 Å². The van der Waals surface area contributed by atoms with Gasteiger partial charge in [0.25, 0.3) is 0 Å². The topological polar surface area (TPSA) is 9.23 Å². The van der Waals surface area contributed by atoms with E-state index in [1.54, 1.807) is 0 Å². The van der Waals surface area contributed by atoms with Crippen LogP contribution in [0.15, 0.2) is 12.1 Å². The van der Waals surface area contributed by atoms with Gasteiger partial charge in [0.05, 0.1) is 13.3 Å². The SMILES string of the molecule is FCCCC1CCC(C2CCC(CCF)CC2)CC1.Fc1cc(F)c(OCC(F)(F)F)c(F)c1. The molecule has 0 N–H and O–H groups in total. The zero-order chi connectivity index (χ0) is 25.1. The summed E-state index contributed by atoms with van der Waals surface area (Å²) < 4.78 is 101. The summed E-state index contributed by atoms with van der Waals surface area (Å²) in [5.74, 6) is -2.20. The lowest BCUT2D eigenvalue weighted by atomic mass is 9.68. The number of hydrogen-bond donors (Lipinski definition) is 0. The van der Waals surface area contributed by atoms with E-state index < -0.39 is 36.0 Å². The first-order valence-electron chi connectivity index (χ1n) is 12.1. The highest BCUT2D eigenvalue weighted by molar-refractivity contribution is 5.27.